The Balaban J connectivity index is 2.23. The number of hydrogen-bond donors (Lipinski definition) is 1. The fraction of sp³-hybridized carbons (Fsp3) is 0.600. The molecule has 0 radical (unpaired) electrons. The van der Waals surface area contributed by atoms with Gasteiger partial charge in [0.15, 0.2) is 0 Å². The van der Waals surface area contributed by atoms with Crippen LogP contribution in [0, 0.1) is 11.6 Å². The van der Waals surface area contributed by atoms with E-state index in [1.807, 2.05) is 6.92 Å². The Morgan fingerprint density at radius 1 is 1.21 bits per heavy atom. The van der Waals surface area contributed by atoms with E-state index in [9.17, 15) is 8.78 Å². The fourth-order valence-corrected chi connectivity index (χ4v) is 1.80. The molecule has 0 amide bonds. The van der Waals surface area contributed by atoms with Gasteiger partial charge >= 0.3 is 0 Å². The van der Waals surface area contributed by atoms with Crippen LogP contribution < -0.4 is 5.32 Å². The summed E-state index contributed by atoms with van der Waals surface area (Å²) in [5.41, 5.74) is 0.368. The molecule has 0 saturated heterocycles. The van der Waals surface area contributed by atoms with Gasteiger partial charge in [-0.3, -0.25) is 0 Å². The monoisotopic (exact) mass is 271 g/mol. The zero-order chi connectivity index (χ0) is 14.1. The minimum Gasteiger partial charge on any atom is -0.381 e. The van der Waals surface area contributed by atoms with Gasteiger partial charge in [-0.25, -0.2) is 8.78 Å². The van der Waals surface area contributed by atoms with Crippen LogP contribution in [0.2, 0.25) is 0 Å². The second-order valence-corrected chi connectivity index (χ2v) is 4.66. The number of ether oxygens (including phenoxy) is 1. The molecule has 0 bridgehead atoms. The number of rotatable bonds is 9. The third kappa shape index (κ3) is 6.12. The minimum atomic E-state index is -0.409. The van der Waals surface area contributed by atoms with E-state index in [1.54, 1.807) is 0 Å². The van der Waals surface area contributed by atoms with Crippen molar-refractivity contribution in [1.29, 1.82) is 0 Å². The summed E-state index contributed by atoms with van der Waals surface area (Å²) >= 11 is 0. The topological polar surface area (TPSA) is 21.3 Å². The summed E-state index contributed by atoms with van der Waals surface area (Å²) in [6, 6.07) is 3.33. The lowest BCUT2D eigenvalue weighted by Gasteiger charge is -2.15. The molecule has 0 spiro atoms. The van der Waals surface area contributed by atoms with Crippen LogP contribution in [0.1, 0.15) is 44.7 Å². The normalized spacial score (nSPS) is 12.6. The Morgan fingerprint density at radius 2 is 1.95 bits per heavy atom. The Kier molecular flexibility index (Phi) is 7.60. The number of hydrogen-bond acceptors (Lipinski definition) is 2. The van der Waals surface area contributed by atoms with Gasteiger partial charge in [0.05, 0.1) is 0 Å². The molecule has 0 aliphatic carbocycles. The second kappa shape index (κ2) is 8.99. The van der Waals surface area contributed by atoms with Gasteiger partial charge in [0, 0.05) is 24.8 Å². The summed E-state index contributed by atoms with van der Waals surface area (Å²) < 4.78 is 32.0. The first-order chi connectivity index (χ1) is 9.15. The molecule has 0 saturated carbocycles. The van der Waals surface area contributed by atoms with Gasteiger partial charge in [-0.15, -0.1) is 0 Å². The van der Waals surface area contributed by atoms with Gasteiger partial charge in [0.1, 0.15) is 11.6 Å². The van der Waals surface area contributed by atoms with E-state index in [0.29, 0.717) is 12.2 Å². The van der Waals surface area contributed by atoms with Crippen LogP contribution in [0.25, 0.3) is 0 Å². The molecule has 0 aromatic heterocycles. The maximum Gasteiger partial charge on any atom is 0.128 e. The van der Waals surface area contributed by atoms with Gasteiger partial charge in [-0.2, -0.15) is 0 Å². The van der Waals surface area contributed by atoms with E-state index < -0.39 is 5.82 Å². The zero-order valence-corrected chi connectivity index (χ0v) is 11.7. The third-order valence-electron chi connectivity index (χ3n) is 2.98. The Hall–Kier alpha value is -1.00. The third-order valence-corrected chi connectivity index (χ3v) is 2.98. The summed E-state index contributed by atoms with van der Waals surface area (Å²) in [6.45, 7) is 6.18. The molecule has 108 valence electrons. The fourth-order valence-electron chi connectivity index (χ4n) is 1.80. The summed E-state index contributed by atoms with van der Waals surface area (Å²) in [5.74, 6) is -0.784. The molecule has 1 atom stereocenters. The van der Waals surface area contributed by atoms with E-state index in [-0.39, 0.29) is 11.9 Å². The van der Waals surface area contributed by atoms with Crippen molar-refractivity contribution in [3.63, 3.8) is 0 Å². The van der Waals surface area contributed by atoms with Crippen LogP contribution in [-0.4, -0.2) is 19.8 Å². The highest BCUT2D eigenvalue weighted by atomic mass is 19.1. The predicted molar refractivity (Wildman–Crippen MR) is 73.1 cm³/mol. The Labute approximate surface area is 114 Å². The van der Waals surface area contributed by atoms with Gasteiger partial charge in [0.25, 0.3) is 0 Å². The molecule has 4 heteroatoms. The SMILES string of the molecule is CCCCOCCCNC(C)c1cc(F)ccc1F. The average molecular weight is 271 g/mol. The molecule has 0 heterocycles. The maximum absolute atomic E-state index is 13.5. The van der Waals surface area contributed by atoms with Crippen LogP contribution in [-0.2, 0) is 4.74 Å². The average Bonchev–Trinajstić information content (AvgIpc) is 2.40. The van der Waals surface area contributed by atoms with Crippen molar-refractivity contribution >= 4 is 0 Å². The quantitative estimate of drug-likeness (QED) is 0.689. The molecule has 0 aliphatic heterocycles. The Bertz CT molecular complexity index is 371. The molecular formula is C15H23F2NO. The second-order valence-electron chi connectivity index (χ2n) is 4.66. The number of unbranched alkanes of at least 4 members (excludes halogenated alkanes) is 1. The van der Waals surface area contributed by atoms with Crippen molar-refractivity contribution in [3.05, 3.63) is 35.4 Å². The molecule has 19 heavy (non-hydrogen) atoms. The lowest BCUT2D eigenvalue weighted by Crippen LogP contribution is -2.22. The molecular weight excluding hydrogens is 248 g/mol. The van der Waals surface area contributed by atoms with Crippen LogP contribution in [0.5, 0.6) is 0 Å². The van der Waals surface area contributed by atoms with Gasteiger partial charge < -0.3 is 10.1 Å². The minimum absolute atomic E-state index is 0.202. The van der Waals surface area contributed by atoms with Gasteiger partial charge in [-0.1, -0.05) is 13.3 Å². The number of benzene rings is 1. The van der Waals surface area contributed by atoms with E-state index in [1.165, 1.54) is 6.07 Å². The van der Waals surface area contributed by atoms with Gasteiger partial charge in [0.2, 0.25) is 0 Å². The van der Waals surface area contributed by atoms with Crippen molar-refractivity contribution in [2.24, 2.45) is 0 Å². The van der Waals surface area contributed by atoms with Crippen molar-refractivity contribution in [3.8, 4) is 0 Å². The van der Waals surface area contributed by atoms with E-state index in [4.69, 9.17) is 4.74 Å². The van der Waals surface area contributed by atoms with Crippen molar-refractivity contribution in [1.82, 2.24) is 5.32 Å². The summed E-state index contributed by atoms with van der Waals surface area (Å²) in [6.07, 6.45) is 3.08. The zero-order valence-electron chi connectivity index (χ0n) is 11.7. The number of nitrogens with one attached hydrogen (secondary N) is 1. The summed E-state index contributed by atoms with van der Waals surface area (Å²) in [4.78, 5) is 0. The maximum atomic E-state index is 13.5. The van der Waals surface area contributed by atoms with Crippen LogP contribution in [0.15, 0.2) is 18.2 Å². The highest BCUT2D eigenvalue weighted by Gasteiger charge is 2.10. The first-order valence-corrected chi connectivity index (χ1v) is 6.91. The molecule has 1 unspecified atom stereocenters. The van der Waals surface area contributed by atoms with Crippen molar-refractivity contribution in [2.75, 3.05) is 19.8 Å². The molecule has 1 N–H and O–H groups in total. The lowest BCUT2D eigenvalue weighted by atomic mass is 10.1. The molecule has 0 fully saturated rings. The first-order valence-electron chi connectivity index (χ1n) is 6.91. The van der Waals surface area contributed by atoms with Gasteiger partial charge in [-0.05, 0) is 44.5 Å². The highest BCUT2D eigenvalue weighted by molar-refractivity contribution is 5.21. The van der Waals surface area contributed by atoms with Crippen molar-refractivity contribution in [2.45, 2.75) is 39.2 Å². The van der Waals surface area contributed by atoms with E-state index in [0.717, 1.165) is 44.5 Å². The first kappa shape index (κ1) is 16.1. The van der Waals surface area contributed by atoms with Crippen LogP contribution >= 0.6 is 0 Å². The van der Waals surface area contributed by atoms with Crippen LogP contribution in [0.3, 0.4) is 0 Å². The largest absolute Gasteiger partial charge is 0.381 e. The molecule has 1 rings (SSSR count). The Morgan fingerprint density at radius 3 is 2.68 bits per heavy atom. The lowest BCUT2D eigenvalue weighted by molar-refractivity contribution is 0.128. The molecule has 0 aliphatic rings. The molecule has 1 aromatic rings. The number of halogens is 2. The van der Waals surface area contributed by atoms with Crippen molar-refractivity contribution < 1.29 is 13.5 Å². The highest BCUT2D eigenvalue weighted by Crippen LogP contribution is 2.17. The standard InChI is InChI=1S/C15H23F2NO/c1-3-4-9-19-10-5-8-18-12(2)14-11-13(16)6-7-15(14)17/h6-7,11-12,18H,3-5,8-10H2,1-2H3. The molecule has 2 nitrogen and oxygen atoms in total. The van der Waals surface area contributed by atoms with E-state index >= 15 is 0 Å². The summed E-state index contributed by atoms with van der Waals surface area (Å²) in [7, 11) is 0. The van der Waals surface area contributed by atoms with E-state index in [2.05, 4.69) is 12.2 Å². The molecule has 1 aromatic carbocycles. The van der Waals surface area contributed by atoms with Crippen LogP contribution in [0.4, 0.5) is 8.78 Å². The smallest absolute Gasteiger partial charge is 0.128 e. The summed E-state index contributed by atoms with van der Waals surface area (Å²) in [5, 5.41) is 3.17. The predicted octanol–water partition coefficient (Wildman–Crippen LogP) is 3.82.